The molecule has 0 radical (unpaired) electrons. The predicted molar refractivity (Wildman–Crippen MR) is 145 cm³/mol. The lowest BCUT2D eigenvalue weighted by Crippen LogP contribution is -2.49. The number of likely N-dealkylation sites (tertiary alicyclic amines) is 1. The Balaban J connectivity index is 1.60. The summed E-state index contributed by atoms with van der Waals surface area (Å²) in [7, 11) is 2.94. The second-order valence-electron chi connectivity index (χ2n) is 11.2. The van der Waals surface area contributed by atoms with Crippen molar-refractivity contribution in [3.8, 4) is 17.2 Å². The smallest absolute Gasteiger partial charge is 0.241 e. The van der Waals surface area contributed by atoms with Crippen molar-refractivity contribution in [2.75, 3.05) is 25.7 Å². The van der Waals surface area contributed by atoms with Gasteiger partial charge in [0, 0.05) is 30.2 Å². The lowest BCUT2D eigenvalue weighted by atomic mass is 9.51. The maximum absolute atomic E-state index is 14.5. The third kappa shape index (κ3) is 3.33. The molecule has 0 aromatic heterocycles. The maximum Gasteiger partial charge on any atom is 0.241 e. The second-order valence-corrected chi connectivity index (χ2v) is 11.2. The molecule has 40 heavy (non-hydrogen) atoms. The topological polar surface area (TPSA) is 113 Å². The van der Waals surface area contributed by atoms with Gasteiger partial charge in [-0.15, -0.1) is 0 Å². The van der Waals surface area contributed by atoms with E-state index in [-0.39, 0.29) is 42.3 Å². The SMILES string of the molecule is CCN1C(=O)[C@H]2[C@H](CC=C3[C@H]2C[C@H]2C(=O)N(c4ccccc4)C(=O)[C@@]2(C)[C@H]3c2c(OC)cc(O)cc2OC)C1=O. The first-order chi connectivity index (χ1) is 19.2. The standard InChI is InChI=1S/C31H32N2O7/c1-5-32-27(35)19-12-11-18-20(24(19)29(32)37)15-21-28(36)33(16-9-7-6-8-10-16)30(38)31(21,2)26(18)25-22(39-3)13-17(34)14-23(25)40-4/h6-11,13-14,19-21,24,26,34H,5,12,15H2,1-4H3/t19-,20+,21-,24-,26+,31+/m0/s1. The zero-order valence-electron chi connectivity index (χ0n) is 22.9. The molecule has 6 rings (SSSR count). The predicted octanol–water partition coefficient (Wildman–Crippen LogP) is 3.66. The van der Waals surface area contributed by atoms with Gasteiger partial charge in [0.1, 0.15) is 17.2 Å². The van der Waals surface area contributed by atoms with Crippen LogP contribution in [-0.4, -0.2) is 54.4 Å². The number of carbonyl (C=O) groups is 4. The number of rotatable bonds is 5. The molecule has 208 valence electrons. The summed E-state index contributed by atoms with van der Waals surface area (Å²) >= 11 is 0. The van der Waals surface area contributed by atoms with Crippen LogP contribution in [0.4, 0.5) is 5.69 Å². The summed E-state index contributed by atoms with van der Waals surface area (Å²) in [6.45, 7) is 3.88. The summed E-state index contributed by atoms with van der Waals surface area (Å²) in [4.78, 5) is 58.0. The van der Waals surface area contributed by atoms with Crippen molar-refractivity contribution in [1.82, 2.24) is 4.90 Å². The molecule has 0 bridgehead atoms. The summed E-state index contributed by atoms with van der Waals surface area (Å²) in [6.07, 6.45) is 2.62. The first kappa shape index (κ1) is 26.1. The van der Waals surface area contributed by atoms with E-state index < -0.39 is 35.0 Å². The minimum Gasteiger partial charge on any atom is -0.508 e. The fourth-order valence-corrected chi connectivity index (χ4v) is 7.73. The summed E-state index contributed by atoms with van der Waals surface area (Å²) in [5.74, 6) is -3.51. The number of ether oxygens (including phenoxy) is 2. The van der Waals surface area contributed by atoms with Crippen LogP contribution in [0.5, 0.6) is 17.2 Å². The summed E-state index contributed by atoms with van der Waals surface area (Å²) in [5.41, 5.74) is 0.605. The van der Waals surface area contributed by atoms with Gasteiger partial charge in [0.2, 0.25) is 23.6 Å². The fourth-order valence-electron chi connectivity index (χ4n) is 7.73. The number of carbonyl (C=O) groups excluding carboxylic acids is 4. The molecule has 3 fully saturated rings. The third-order valence-electron chi connectivity index (χ3n) is 9.51. The molecule has 6 atom stereocenters. The highest BCUT2D eigenvalue weighted by Crippen LogP contribution is 2.65. The number of para-hydroxylation sites is 1. The van der Waals surface area contributed by atoms with Gasteiger partial charge in [-0.25, -0.2) is 4.90 Å². The molecule has 1 saturated carbocycles. The number of nitrogens with zero attached hydrogens (tertiary/aromatic N) is 2. The number of amides is 4. The highest BCUT2D eigenvalue weighted by molar-refractivity contribution is 6.24. The average molecular weight is 545 g/mol. The van der Waals surface area contributed by atoms with Crippen molar-refractivity contribution in [2.45, 2.75) is 32.6 Å². The molecule has 2 aliphatic heterocycles. The molecular weight excluding hydrogens is 512 g/mol. The zero-order chi connectivity index (χ0) is 28.5. The molecule has 2 aliphatic carbocycles. The van der Waals surface area contributed by atoms with Gasteiger partial charge in [-0.3, -0.25) is 24.1 Å². The molecule has 2 aromatic rings. The van der Waals surface area contributed by atoms with Crippen LogP contribution in [0.2, 0.25) is 0 Å². The number of benzene rings is 2. The van der Waals surface area contributed by atoms with Gasteiger partial charge in [-0.2, -0.15) is 0 Å². The molecule has 0 unspecified atom stereocenters. The van der Waals surface area contributed by atoms with E-state index >= 15 is 0 Å². The molecule has 9 heteroatoms. The fraction of sp³-hybridized carbons (Fsp3) is 0.419. The van der Waals surface area contributed by atoms with Crippen LogP contribution in [-0.2, 0) is 19.2 Å². The van der Waals surface area contributed by atoms with Crippen molar-refractivity contribution >= 4 is 29.3 Å². The molecule has 4 amide bonds. The van der Waals surface area contributed by atoms with Crippen molar-refractivity contribution < 1.29 is 33.8 Å². The third-order valence-corrected chi connectivity index (χ3v) is 9.51. The number of hydrogen-bond acceptors (Lipinski definition) is 7. The first-order valence-electron chi connectivity index (χ1n) is 13.6. The molecule has 0 spiro atoms. The largest absolute Gasteiger partial charge is 0.508 e. The van der Waals surface area contributed by atoms with Crippen LogP contribution in [0.15, 0.2) is 54.1 Å². The van der Waals surface area contributed by atoms with Gasteiger partial charge in [0.05, 0.1) is 43.1 Å². The number of phenolic OH excluding ortho intramolecular Hbond substituents is 1. The van der Waals surface area contributed by atoms with E-state index in [2.05, 4.69) is 0 Å². The normalized spacial score (nSPS) is 31.1. The lowest BCUT2D eigenvalue weighted by molar-refractivity contribution is -0.140. The number of anilines is 1. The zero-order valence-corrected chi connectivity index (χ0v) is 22.9. The van der Waals surface area contributed by atoms with Gasteiger partial charge in [0.25, 0.3) is 0 Å². The second kappa shape index (κ2) is 9.21. The van der Waals surface area contributed by atoms with Crippen LogP contribution in [0, 0.1) is 29.1 Å². The monoisotopic (exact) mass is 544 g/mol. The van der Waals surface area contributed by atoms with Crippen LogP contribution in [0.3, 0.4) is 0 Å². The van der Waals surface area contributed by atoms with E-state index in [0.717, 1.165) is 5.57 Å². The number of allylic oxidation sites excluding steroid dienone is 2. The Morgan fingerprint density at radius 2 is 1.60 bits per heavy atom. The Bertz CT molecular complexity index is 1440. The first-order valence-corrected chi connectivity index (χ1v) is 13.6. The van der Waals surface area contributed by atoms with Gasteiger partial charge in [-0.1, -0.05) is 29.8 Å². The Labute approximate surface area is 232 Å². The highest BCUT2D eigenvalue weighted by Gasteiger charge is 2.68. The number of phenols is 1. The summed E-state index contributed by atoms with van der Waals surface area (Å²) < 4.78 is 11.4. The molecule has 1 N–H and O–H groups in total. The maximum atomic E-state index is 14.5. The van der Waals surface area contributed by atoms with Gasteiger partial charge < -0.3 is 14.6 Å². The van der Waals surface area contributed by atoms with Crippen molar-refractivity contribution in [3.63, 3.8) is 0 Å². The minimum atomic E-state index is -1.24. The Morgan fingerprint density at radius 1 is 0.950 bits per heavy atom. The van der Waals surface area contributed by atoms with Crippen LogP contribution in [0.1, 0.15) is 38.2 Å². The molecule has 9 nitrogen and oxygen atoms in total. The van der Waals surface area contributed by atoms with Crippen LogP contribution in [0.25, 0.3) is 0 Å². The molecule has 2 heterocycles. The lowest BCUT2D eigenvalue weighted by Gasteiger charge is -2.49. The Kier molecular flexibility index (Phi) is 6.01. The quantitative estimate of drug-likeness (QED) is 0.452. The number of imide groups is 2. The van der Waals surface area contributed by atoms with Gasteiger partial charge in [-0.05, 0) is 44.7 Å². The molecular formula is C31H32N2O7. The van der Waals surface area contributed by atoms with Crippen LogP contribution >= 0.6 is 0 Å². The highest BCUT2D eigenvalue weighted by atomic mass is 16.5. The van der Waals surface area contributed by atoms with E-state index in [1.807, 2.05) is 12.1 Å². The summed E-state index contributed by atoms with van der Waals surface area (Å²) in [6, 6.07) is 11.8. The molecule has 2 saturated heterocycles. The number of methoxy groups -OCH3 is 2. The van der Waals surface area contributed by atoms with Crippen molar-refractivity contribution in [3.05, 3.63) is 59.7 Å². The summed E-state index contributed by atoms with van der Waals surface area (Å²) in [5, 5.41) is 10.4. The van der Waals surface area contributed by atoms with Gasteiger partial charge in [0.15, 0.2) is 0 Å². The van der Waals surface area contributed by atoms with E-state index in [1.165, 1.54) is 36.2 Å². The Morgan fingerprint density at radius 3 is 2.20 bits per heavy atom. The number of aromatic hydroxyl groups is 1. The molecule has 4 aliphatic rings. The van der Waals surface area contributed by atoms with E-state index in [4.69, 9.17) is 9.47 Å². The van der Waals surface area contributed by atoms with Crippen molar-refractivity contribution in [1.29, 1.82) is 0 Å². The number of hydrogen-bond donors (Lipinski definition) is 1. The van der Waals surface area contributed by atoms with E-state index in [1.54, 1.807) is 38.1 Å². The minimum absolute atomic E-state index is 0.0703. The average Bonchev–Trinajstić information content (AvgIpc) is 3.32. The molecule has 2 aromatic carbocycles. The van der Waals surface area contributed by atoms with Crippen molar-refractivity contribution in [2.24, 2.45) is 29.1 Å². The van der Waals surface area contributed by atoms with E-state index in [0.29, 0.717) is 29.2 Å². The van der Waals surface area contributed by atoms with Crippen LogP contribution < -0.4 is 14.4 Å². The number of fused-ring (bicyclic) bond motifs is 4. The Hall–Kier alpha value is -4.14. The van der Waals surface area contributed by atoms with E-state index in [9.17, 15) is 24.3 Å². The van der Waals surface area contributed by atoms with Gasteiger partial charge >= 0.3 is 0 Å².